The third-order valence-electron chi connectivity index (χ3n) is 6.38. The van der Waals surface area contributed by atoms with Crippen molar-refractivity contribution < 1.29 is 14.0 Å². The van der Waals surface area contributed by atoms with E-state index < -0.39 is 0 Å². The van der Waals surface area contributed by atoms with Gasteiger partial charge in [0.25, 0.3) is 0 Å². The molecule has 0 atom stereocenters. The molecule has 6 rings (SSSR count). The van der Waals surface area contributed by atoms with Crippen molar-refractivity contribution in [1.29, 1.82) is 0 Å². The highest BCUT2D eigenvalue weighted by Crippen LogP contribution is 2.36. The predicted molar refractivity (Wildman–Crippen MR) is 116 cm³/mol. The van der Waals surface area contributed by atoms with E-state index in [2.05, 4.69) is 50.5 Å². The Bertz CT molecular complexity index is 1210. The first-order valence-electron chi connectivity index (χ1n) is 10.8. The number of aromatic amines is 1. The SMILES string of the molecule is c1ccc2c(CCN3CCC(c4nc(-c5ccc6c(c5)OCO6)no4)CC3)c[nH]c2c1. The van der Waals surface area contributed by atoms with E-state index in [4.69, 9.17) is 14.0 Å². The summed E-state index contributed by atoms with van der Waals surface area (Å²) in [6.45, 7) is 3.43. The second-order valence-electron chi connectivity index (χ2n) is 8.25. The van der Waals surface area contributed by atoms with E-state index in [1.54, 1.807) is 0 Å². The molecular weight excluding hydrogens is 392 g/mol. The number of ether oxygens (including phenoxy) is 2. The molecule has 7 nitrogen and oxygen atoms in total. The van der Waals surface area contributed by atoms with Gasteiger partial charge in [-0.15, -0.1) is 0 Å². The normalized spacial score (nSPS) is 16.9. The number of aromatic nitrogens is 3. The maximum Gasteiger partial charge on any atom is 0.231 e. The minimum absolute atomic E-state index is 0.259. The Kier molecular flexibility index (Phi) is 4.61. The van der Waals surface area contributed by atoms with Crippen LogP contribution in [0, 0.1) is 0 Å². The number of piperidine rings is 1. The van der Waals surface area contributed by atoms with Crippen molar-refractivity contribution in [3.63, 3.8) is 0 Å². The van der Waals surface area contributed by atoms with Crippen LogP contribution in [0.25, 0.3) is 22.3 Å². The average molecular weight is 416 g/mol. The maximum absolute atomic E-state index is 5.62. The molecule has 2 aromatic heterocycles. The van der Waals surface area contributed by atoms with Crippen molar-refractivity contribution in [2.24, 2.45) is 0 Å². The number of hydrogen-bond donors (Lipinski definition) is 1. The molecule has 0 saturated carbocycles. The summed E-state index contributed by atoms with van der Waals surface area (Å²) < 4.78 is 16.4. The van der Waals surface area contributed by atoms with E-state index in [1.165, 1.54) is 16.5 Å². The lowest BCUT2D eigenvalue weighted by molar-refractivity contribution is 0.174. The highest BCUT2D eigenvalue weighted by molar-refractivity contribution is 5.83. The van der Waals surface area contributed by atoms with Crippen LogP contribution in [0.3, 0.4) is 0 Å². The van der Waals surface area contributed by atoms with Crippen LogP contribution in [0.2, 0.25) is 0 Å². The highest BCUT2D eigenvalue weighted by atomic mass is 16.7. The number of H-pyrrole nitrogens is 1. The van der Waals surface area contributed by atoms with Gasteiger partial charge in [0, 0.05) is 35.1 Å². The average Bonchev–Trinajstić information content (AvgIpc) is 3.57. The van der Waals surface area contributed by atoms with E-state index in [-0.39, 0.29) is 6.79 Å². The summed E-state index contributed by atoms with van der Waals surface area (Å²) in [5, 5.41) is 5.54. The Hall–Kier alpha value is -3.32. The zero-order valence-corrected chi connectivity index (χ0v) is 17.2. The molecule has 7 heteroatoms. The summed E-state index contributed by atoms with van der Waals surface area (Å²) in [5.74, 6) is 3.15. The molecule has 0 aliphatic carbocycles. The van der Waals surface area contributed by atoms with E-state index in [9.17, 15) is 0 Å². The number of fused-ring (bicyclic) bond motifs is 2. The number of nitrogens with zero attached hydrogens (tertiary/aromatic N) is 3. The van der Waals surface area contributed by atoms with Crippen LogP contribution in [0.4, 0.5) is 0 Å². The molecule has 0 unspecified atom stereocenters. The van der Waals surface area contributed by atoms with Gasteiger partial charge >= 0.3 is 0 Å². The zero-order valence-electron chi connectivity index (χ0n) is 17.2. The Balaban J connectivity index is 1.07. The molecule has 1 saturated heterocycles. The lowest BCUT2D eigenvalue weighted by atomic mass is 9.96. The molecule has 158 valence electrons. The molecule has 0 radical (unpaired) electrons. The summed E-state index contributed by atoms with van der Waals surface area (Å²) in [7, 11) is 0. The zero-order chi connectivity index (χ0) is 20.6. The Morgan fingerprint density at radius 1 is 1.03 bits per heavy atom. The first-order valence-corrected chi connectivity index (χ1v) is 10.8. The van der Waals surface area contributed by atoms with E-state index >= 15 is 0 Å². The Morgan fingerprint density at radius 2 is 1.90 bits per heavy atom. The van der Waals surface area contributed by atoms with Crippen molar-refractivity contribution in [2.45, 2.75) is 25.2 Å². The molecule has 4 aromatic rings. The van der Waals surface area contributed by atoms with Crippen LogP contribution < -0.4 is 9.47 Å². The number of nitrogens with one attached hydrogen (secondary N) is 1. The van der Waals surface area contributed by atoms with Crippen LogP contribution in [0.15, 0.2) is 53.2 Å². The summed E-state index contributed by atoms with van der Waals surface area (Å²) in [5.41, 5.74) is 3.49. The maximum atomic E-state index is 5.62. The molecule has 2 aromatic carbocycles. The third-order valence-corrected chi connectivity index (χ3v) is 6.38. The van der Waals surface area contributed by atoms with Crippen LogP contribution in [-0.2, 0) is 6.42 Å². The third kappa shape index (κ3) is 3.55. The molecule has 1 N–H and O–H groups in total. The molecule has 1 fully saturated rings. The molecule has 31 heavy (non-hydrogen) atoms. The van der Waals surface area contributed by atoms with E-state index in [0.29, 0.717) is 11.7 Å². The van der Waals surface area contributed by atoms with Gasteiger partial charge in [-0.2, -0.15) is 4.98 Å². The number of hydrogen-bond acceptors (Lipinski definition) is 6. The van der Waals surface area contributed by atoms with Gasteiger partial charge in [-0.05, 0) is 62.2 Å². The fourth-order valence-electron chi connectivity index (χ4n) is 4.57. The molecule has 0 amide bonds. The highest BCUT2D eigenvalue weighted by Gasteiger charge is 2.26. The van der Waals surface area contributed by atoms with Gasteiger partial charge in [-0.1, -0.05) is 23.4 Å². The number of benzene rings is 2. The minimum atomic E-state index is 0.259. The van der Waals surface area contributed by atoms with Gasteiger partial charge in [-0.25, -0.2) is 0 Å². The molecule has 4 heterocycles. The lowest BCUT2D eigenvalue weighted by Crippen LogP contribution is -2.34. The van der Waals surface area contributed by atoms with Crippen LogP contribution in [0.5, 0.6) is 11.5 Å². The molecule has 2 aliphatic rings. The first kappa shape index (κ1) is 18.4. The number of likely N-dealkylation sites (tertiary alicyclic amines) is 1. The van der Waals surface area contributed by atoms with Gasteiger partial charge in [0.1, 0.15) is 0 Å². The summed E-state index contributed by atoms with van der Waals surface area (Å²) >= 11 is 0. The second kappa shape index (κ2) is 7.74. The summed E-state index contributed by atoms with van der Waals surface area (Å²) in [4.78, 5) is 10.6. The fourth-order valence-corrected chi connectivity index (χ4v) is 4.57. The summed E-state index contributed by atoms with van der Waals surface area (Å²) in [6, 6.07) is 14.2. The number of rotatable bonds is 5. The monoisotopic (exact) mass is 416 g/mol. The van der Waals surface area contributed by atoms with Crippen molar-refractivity contribution in [2.75, 3.05) is 26.4 Å². The van der Waals surface area contributed by atoms with Crippen LogP contribution >= 0.6 is 0 Å². The first-order chi connectivity index (χ1) is 15.3. The Labute approximate surface area is 180 Å². The quantitative estimate of drug-likeness (QED) is 0.521. The van der Waals surface area contributed by atoms with Gasteiger partial charge in [0.15, 0.2) is 11.5 Å². The molecule has 2 aliphatic heterocycles. The summed E-state index contributed by atoms with van der Waals surface area (Å²) in [6.07, 6.45) is 5.28. The van der Waals surface area contributed by atoms with E-state index in [1.807, 2.05) is 18.2 Å². The molecule has 0 bridgehead atoms. The minimum Gasteiger partial charge on any atom is -0.454 e. The molecular formula is C24H24N4O3. The fraction of sp³-hybridized carbons (Fsp3) is 0.333. The van der Waals surface area contributed by atoms with Crippen molar-refractivity contribution in [1.82, 2.24) is 20.0 Å². The van der Waals surface area contributed by atoms with Gasteiger partial charge in [0.2, 0.25) is 18.5 Å². The van der Waals surface area contributed by atoms with Crippen LogP contribution in [0.1, 0.15) is 30.2 Å². The van der Waals surface area contributed by atoms with Gasteiger partial charge in [-0.3, -0.25) is 0 Å². The van der Waals surface area contributed by atoms with E-state index in [0.717, 1.165) is 61.8 Å². The smallest absolute Gasteiger partial charge is 0.231 e. The number of para-hydroxylation sites is 1. The van der Waals surface area contributed by atoms with Crippen molar-refractivity contribution >= 4 is 10.9 Å². The van der Waals surface area contributed by atoms with Gasteiger partial charge < -0.3 is 23.9 Å². The standard InChI is InChI=1S/C24H24N4O3/c1-2-4-20-19(3-1)18(14-25-20)9-12-28-10-7-16(8-11-28)24-26-23(27-31-24)17-5-6-21-22(13-17)30-15-29-21/h1-6,13-14,16,25H,7-12,15H2. The van der Waals surface area contributed by atoms with Gasteiger partial charge in [0.05, 0.1) is 0 Å². The van der Waals surface area contributed by atoms with Crippen LogP contribution in [-0.4, -0.2) is 46.5 Å². The molecule has 0 spiro atoms. The Morgan fingerprint density at radius 3 is 2.84 bits per heavy atom. The lowest BCUT2D eigenvalue weighted by Gasteiger charge is -2.30. The topological polar surface area (TPSA) is 76.4 Å². The predicted octanol–water partition coefficient (Wildman–Crippen LogP) is 4.37. The van der Waals surface area contributed by atoms with Crippen molar-refractivity contribution in [3.8, 4) is 22.9 Å². The largest absolute Gasteiger partial charge is 0.454 e. The van der Waals surface area contributed by atoms with Crippen molar-refractivity contribution in [3.05, 3.63) is 60.1 Å². The second-order valence-corrected chi connectivity index (χ2v) is 8.25.